The lowest BCUT2D eigenvalue weighted by Crippen LogP contribution is -1.97. The minimum Gasteiger partial charge on any atom is -0.408 e. The van der Waals surface area contributed by atoms with Crippen molar-refractivity contribution in [1.82, 2.24) is 10.2 Å². The molecule has 0 spiro atoms. The van der Waals surface area contributed by atoms with Crippen molar-refractivity contribution in [2.45, 2.75) is 50.7 Å². The number of sulfone groups is 1. The van der Waals surface area contributed by atoms with E-state index < -0.39 is 9.84 Å². The average molecular weight is 322 g/mol. The van der Waals surface area contributed by atoms with Crippen molar-refractivity contribution in [2.75, 3.05) is 6.26 Å². The second-order valence-corrected chi connectivity index (χ2v) is 7.41. The summed E-state index contributed by atoms with van der Waals surface area (Å²) in [4.78, 5) is 0. The van der Waals surface area contributed by atoms with Crippen LogP contribution in [0.5, 0.6) is 0 Å². The number of unbranched alkanes of at least 4 members (excludes halogenated alkanes) is 1. The average Bonchev–Trinajstić information content (AvgIpc) is 2.99. The van der Waals surface area contributed by atoms with Crippen LogP contribution in [-0.4, -0.2) is 24.9 Å². The summed E-state index contributed by atoms with van der Waals surface area (Å²) in [7, 11) is -3.47. The van der Waals surface area contributed by atoms with Gasteiger partial charge in [0.1, 0.15) is 0 Å². The van der Waals surface area contributed by atoms with Crippen LogP contribution in [0.25, 0.3) is 11.5 Å². The quantitative estimate of drug-likeness (QED) is 0.774. The van der Waals surface area contributed by atoms with Gasteiger partial charge in [-0.25, -0.2) is 8.42 Å². The molecule has 0 N–H and O–H groups in total. The summed E-state index contributed by atoms with van der Waals surface area (Å²) in [6, 6.07) is 7.93. The Morgan fingerprint density at radius 1 is 1.14 bits per heavy atom. The number of aromatic nitrogens is 2. The van der Waals surface area contributed by atoms with Crippen molar-refractivity contribution in [2.24, 2.45) is 0 Å². The molecule has 1 atom stereocenters. The van der Waals surface area contributed by atoms with E-state index in [2.05, 4.69) is 36.2 Å². The van der Waals surface area contributed by atoms with Gasteiger partial charge in [0.25, 0.3) is 0 Å². The highest BCUT2D eigenvalue weighted by atomic mass is 32.2. The first kappa shape index (κ1) is 16.7. The molecule has 0 fully saturated rings. The van der Waals surface area contributed by atoms with Gasteiger partial charge in [0, 0.05) is 11.8 Å². The van der Waals surface area contributed by atoms with Gasteiger partial charge in [-0.1, -0.05) is 43.9 Å². The largest absolute Gasteiger partial charge is 0.408 e. The molecule has 2 aromatic rings. The van der Waals surface area contributed by atoms with Crippen LogP contribution in [0.4, 0.5) is 0 Å². The Labute approximate surface area is 131 Å². The first-order valence-electron chi connectivity index (χ1n) is 7.59. The highest BCUT2D eigenvalue weighted by Gasteiger charge is 2.17. The molecule has 0 bridgehead atoms. The number of hydrogen-bond acceptors (Lipinski definition) is 5. The standard InChI is InChI=1S/C16H22N2O3S/c1-4-6-7-12(5-2)13-8-10-14(11-9-13)15-17-18-16(21-15)22(3,19)20/h8-12H,4-7H2,1-3H3. The third-order valence-electron chi connectivity index (χ3n) is 3.75. The van der Waals surface area contributed by atoms with Crippen molar-refractivity contribution >= 4 is 9.84 Å². The van der Waals surface area contributed by atoms with E-state index in [0.29, 0.717) is 5.92 Å². The third kappa shape index (κ3) is 3.94. The Morgan fingerprint density at radius 3 is 2.32 bits per heavy atom. The summed E-state index contributed by atoms with van der Waals surface area (Å²) in [5, 5.41) is 7.03. The third-order valence-corrected chi connectivity index (χ3v) is 4.55. The van der Waals surface area contributed by atoms with Crippen molar-refractivity contribution in [3.63, 3.8) is 0 Å². The monoisotopic (exact) mass is 322 g/mol. The minimum atomic E-state index is -3.47. The Hall–Kier alpha value is -1.69. The molecule has 1 aromatic carbocycles. The second-order valence-electron chi connectivity index (χ2n) is 5.51. The molecular weight excluding hydrogens is 300 g/mol. The van der Waals surface area contributed by atoms with Crippen LogP contribution in [0.1, 0.15) is 51.0 Å². The number of nitrogens with zero attached hydrogens (tertiary/aromatic N) is 2. The molecule has 1 aromatic heterocycles. The lowest BCUT2D eigenvalue weighted by Gasteiger charge is -2.14. The van der Waals surface area contributed by atoms with Crippen LogP contribution >= 0.6 is 0 Å². The molecule has 0 saturated heterocycles. The van der Waals surface area contributed by atoms with Crippen LogP contribution < -0.4 is 0 Å². The van der Waals surface area contributed by atoms with E-state index in [1.807, 2.05) is 12.1 Å². The maximum absolute atomic E-state index is 11.4. The number of rotatable bonds is 7. The summed E-state index contributed by atoms with van der Waals surface area (Å²) in [5.74, 6) is 0.789. The van der Waals surface area contributed by atoms with E-state index in [1.54, 1.807) is 0 Å². The van der Waals surface area contributed by atoms with E-state index in [-0.39, 0.29) is 11.1 Å². The van der Waals surface area contributed by atoms with Gasteiger partial charge in [-0.3, -0.25) is 0 Å². The number of hydrogen-bond donors (Lipinski definition) is 0. The molecular formula is C16H22N2O3S. The van der Waals surface area contributed by atoms with E-state index >= 15 is 0 Å². The fraction of sp³-hybridized carbons (Fsp3) is 0.500. The van der Waals surface area contributed by atoms with Gasteiger partial charge >= 0.3 is 5.22 Å². The molecule has 6 heteroatoms. The van der Waals surface area contributed by atoms with Crippen molar-refractivity contribution < 1.29 is 12.8 Å². The van der Waals surface area contributed by atoms with Crippen molar-refractivity contribution in [3.05, 3.63) is 29.8 Å². The Kier molecular flexibility index (Phi) is 5.34. The Morgan fingerprint density at radius 2 is 1.82 bits per heavy atom. The molecule has 22 heavy (non-hydrogen) atoms. The van der Waals surface area contributed by atoms with Crippen LogP contribution in [0.2, 0.25) is 0 Å². The molecule has 0 radical (unpaired) electrons. The smallest absolute Gasteiger partial charge is 0.335 e. The predicted octanol–water partition coefficient (Wildman–Crippen LogP) is 3.82. The topological polar surface area (TPSA) is 73.1 Å². The maximum Gasteiger partial charge on any atom is 0.335 e. The lowest BCUT2D eigenvalue weighted by molar-refractivity contribution is 0.442. The van der Waals surface area contributed by atoms with E-state index in [9.17, 15) is 8.42 Å². The van der Waals surface area contributed by atoms with Crippen LogP contribution in [0, 0.1) is 0 Å². The van der Waals surface area contributed by atoms with Gasteiger partial charge in [-0.15, -0.1) is 5.10 Å². The van der Waals surface area contributed by atoms with Crippen molar-refractivity contribution in [3.8, 4) is 11.5 Å². The fourth-order valence-corrected chi connectivity index (χ4v) is 2.85. The molecule has 0 saturated carbocycles. The summed E-state index contributed by atoms with van der Waals surface area (Å²) in [6.45, 7) is 4.40. The molecule has 2 rings (SSSR count). The Bertz CT molecular complexity index is 705. The van der Waals surface area contributed by atoms with E-state index in [1.165, 1.54) is 24.8 Å². The molecule has 5 nitrogen and oxygen atoms in total. The minimum absolute atomic E-state index is 0.230. The first-order chi connectivity index (χ1) is 10.5. The number of benzene rings is 1. The predicted molar refractivity (Wildman–Crippen MR) is 85.4 cm³/mol. The highest BCUT2D eigenvalue weighted by molar-refractivity contribution is 7.90. The summed E-state index contributed by atoms with van der Waals surface area (Å²) in [6.07, 6.45) is 5.77. The van der Waals surface area contributed by atoms with Gasteiger partial charge in [0.2, 0.25) is 15.7 Å². The van der Waals surface area contributed by atoms with E-state index in [4.69, 9.17) is 4.42 Å². The molecule has 0 aliphatic carbocycles. The van der Waals surface area contributed by atoms with Crippen LogP contribution in [0.15, 0.2) is 33.9 Å². The normalized spacial score (nSPS) is 13.2. The molecule has 0 amide bonds. The maximum atomic E-state index is 11.4. The van der Waals surface area contributed by atoms with Crippen molar-refractivity contribution in [1.29, 1.82) is 0 Å². The molecule has 120 valence electrons. The highest BCUT2D eigenvalue weighted by Crippen LogP contribution is 2.28. The zero-order chi connectivity index (χ0) is 16.2. The summed E-state index contributed by atoms with van der Waals surface area (Å²) < 4.78 is 27.9. The van der Waals surface area contributed by atoms with Gasteiger partial charge < -0.3 is 4.42 Å². The van der Waals surface area contributed by atoms with Gasteiger partial charge in [-0.05, 0) is 36.5 Å². The zero-order valence-electron chi connectivity index (χ0n) is 13.2. The molecule has 1 unspecified atom stereocenters. The lowest BCUT2D eigenvalue weighted by atomic mass is 9.91. The summed E-state index contributed by atoms with van der Waals surface area (Å²) >= 11 is 0. The van der Waals surface area contributed by atoms with Crippen LogP contribution in [0.3, 0.4) is 0 Å². The van der Waals surface area contributed by atoms with Crippen LogP contribution in [-0.2, 0) is 9.84 Å². The summed E-state index contributed by atoms with van der Waals surface area (Å²) in [5.41, 5.74) is 2.03. The van der Waals surface area contributed by atoms with Gasteiger partial charge in [0.05, 0.1) is 0 Å². The Balaban J connectivity index is 2.19. The SMILES string of the molecule is CCCCC(CC)c1ccc(-c2nnc(S(C)(=O)=O)o2)cc1. The fourth-order valence-electron chi connectivity index (χ4n) is 2.43. The second kappa shape index (κ2) is 7.05. The first-order valence-corrected chi connectivity index (χ1v) is 9.48. The zero-order valence-corrected chi connectivity index (χ0v) is 14.1. The molecule has 1 heterocycles. The van der Waals surface area contributed by atoms with Gasteiger partial charge in [-0.2, -0.15) is 0 Å². The molecule has 0 aliphatic rings. The molecule has 0 aliphatic heterocycles. The van der Waals surface area contributed by atoms with E-state index in [0.717, 1.165) is 18.2 Å². The van der Waals surface area contributed by atoms with Gasteiger partial charge in [0.15, 0.2) is 0 Å².